The van der Waals surface area contributed by atoms with E-state index in [9.17, 15) is 24.3 Å². The number of aliphatic hydroxyl groups is 1. The molecule has 10 nitrogen and oxygen atoms in total. The van der Waals surface area contributed by atoms with Crippen LogP contribution in [0.3, 0.4) is 0 Å². The lowest BCUT2D eigenvalue weighted by Crippen LogP contribution is -2.60. The average Bonchev–Trinajstić information content (AvgIpc) is 3.70. The number of carbonyl (C=O) groups excluding carboxylic acids is 4. The smallest absolute Gasteiger partial charge is 0.306 e. The molecule has 0 radical (unpaired) electrons. The van der Waals surface area contributed by atoms with E-state index in [1.54, 1.807) is 17.1 Å². The lowest BCUT2D eigenvalue weighted by atomic mass is 9.70. The number of benzene rings is 1. The fraction of sp³-hybridized carbons (Fsp3) is 0.632. The third-order valence-electron chi connectivity index (χ3n) is 10.7. The van der Waals surface area contributed by atoms with Crippen LogP contribution in [-0.4, -0.2) is 93.0 Å². The Balaban J connectivity index is 1.50. The van der Waals surface area contributed by atoms with Crippen LogP contribution >= 0.6 is 15.9 Å². The van der Waals surface area contributed by atoms with Crippen molar-refractivity contribution in [1.82, 2.24) is 15.1 Å². The second-order valence-electron chi connectivity index (χ2n) is 14.4. The van der Waals surface area contributed by atoms with Crippen LogP contribution in [0.1, 0.15) is 83.2 Å². The Kier molecular flexibility index (Phi) is 12.4. The summed E-state index contributed by atoms with van der Waals surface area (Å²) in [6.45, 7) is 11.6. The molecule has 1 unspecified atom stereocenters. The average molecular weight is 743 g/mol. The summed E-state index contributed by atoms with van der Waals surface area (Å²) in [6, 6.07) is 6.98. The van der Waals surface area contributed by atoms with Crippen molar-refractivity contribution in [3.63, 3.8) is 0 Å². The number of likely N-dealkylation sites (tertiary alicyclic amines) is 1. The van der Waals surface area contributed by atoms with Gasteiger partial charge in [-0.3, -0.25) is 19.2 Å². The highest BCUT2D eigenvalue weighted by atomic mass is 79.9. The zero-order valence-corrected chi connectivity index (χ0v) is 30.4. The summed E-state index contributed by atoms with van der Waals surface area (Å²) in [5.41, 5.74) is -0.508. The molecule has 3 amide bonds. The van der Waals surface area contributed by atoms with Gasteiger partial charge in [-0.15, -0.1) is 13.2 Å². The maximum absolute atomic E-state index is 14.9. The van der Waals surface area contributed by atoms with Crippen LogP contribution in [0.2, 0.25) is 0 Å². The Morgan fingerprint density at radius 3 is 2.51 bits per heavy atom. The molecule has 5 rings (SSSR count). The summed E-state index contributed by atoms with van der Waals surface area (Å²) in [5, 5.41) is 13.8. The Labute approximate surface area is 298 Å². The Morgan fingerprint density at radius 2 is 1.88 bits per heavy atom. The van der Waals surface area contributed by atoms with Crippen molar-refractivity contribution in [2.75, 3.05) is 19.8 Å². The van der Waals surface area contributed by atoms with Gasteiger partial charge >= 0.3 is 5.97 Å². The largest absolute Gasteiger partial charge is 0.463 e. The zero-order valence-electron chi connectivity index (χ0n) is 28.8. The van der Waals surface area contributed by atoms with E-state index < -0.39 is 53.5 Å². The molecule has 1 aliphatic carbocycles. The molecule has 268 valence electrons. The maximum atomic E-state index is 14.9. The second kappa shape index (κ2) is 16.3. The molecule has 1 aromatic carbocycles. The number of hydrogen-bond acceptors (Lipinski definition) is 7. The summed E-state index contributed by atoms with van der Waals surface area (Å²) in [7, 11) is 0. The maximum Gasteiger partial charge on any atom is 0.306 e. The Bertz CT molecular complexity index is 1370. The highest BCUT2D eigenvalue weighted by molar-refractivity contribution is 9.09. The first kappa shape index (κ1) is 37.2. The molecule has 4 fully saturated rings. The van der Waals surface area contributed by atoms with E-state index in [4.69, 9.17) is 9.47 Å². The number of rotatable bonds is 16. The van der Waals surface area contributed by atoms with Crippen molar-refractivity contribution in [1.29, 1.82) is 0 Å². The Hall–Kier alpha value is -3.02. The summed E-state index contributed by atoms with van der Waals surface area (Å²) in [5.74, 6) is -3.04. The minimum atomic E-state index is -1.26. The van der Waals surface area contributed by atoms with Gasteiger partial charge in [-0.05, 0) is 43.6 Å². The summed E-state index contributed by atoms with van der Waals surface area (Å²) in [4.78, 5) is 59.8. The number of hydrogen-bond donors (Lipinski definition) is 2. The number of halogens is 1. The molecule has 1 aromatic rings. The first-order valence-corrected chi connectivity index (χ1v) is 18.8. The molecule has 2 bridgehead atoms. The number of ether oxygens (including phenoxy) is 2. The van der Waals surface area contributed by atoms with Gasteiger partial charge in [0, 0.05) is 23.8 Å². The van der Waals surface area contributed by atoms with Gasteiger partial charge in [0.15, 0.2) is 0 Å². The van der Waals surface area contributed by atoms with E-state index in [1.807, 2.05) is 49.1 Å². The SMILES string of the molecule is C=CCCC(=O)OC[C@@H](NC(=O)[C@H]1[C@@H]2O[C@@]3(CC2Br)[C@@H]1C(=O)N([C@@H](CO)CC(C)C)[C@@H]3C(=O)N(CC=C)C1CCCCC1)c1ccccc1. The molecule has 0 aromatic heterocycles. The highest BCUT2D eigenvalue weighted by Crippen LogP contribution is 2.61. The second-order valence-corrected chi connectivity index (χ2v) is 15.6. The van der Waals surface area contributed by atoms with Crippen molar-refractivity contribution in [2.45, 2.75) is 112 Å². The van der Waals surface area contributed by atoms with Gasteiger partial charge in [-0.1, -0.05) is 91.5 Å². The normalized spacial score (nSPS) is 29.0. The number of amides is 3. The van der Waals surface area contributed by atoms with Gasteiger partial charge in [0.1, 0.15) is 18.2 Å². The number of nitrogens with one attached hydrogen (secondary N) is 1. The van der Waals surface area contributed by atoms with Gasteiger partial charge in [0.05, 0.1) is 36.6 Å². The van der Waals surface area contributed by atoms with Crippen LogP contribution in [0, 0.1) is 17.8 Å². The van der Waals surface area contributed by atoms with Gasteiger partial charge in [-0.2, -0.15) is 0 Å². The van der Waals surface area contributed by atoms with E-state index in [0.717, 1.165) is 37.7 Å². The van der Waals surface area contributed by atoms with Crippen molar-refractivity contribution in [3.8, 4) is 0 Å². The van der Waals surface area contributed by atoms with Crippen LogP contribution in [0.25, 0.3) is 0 Å². The molecular weight excluding hydrogens is 690 g/mol. The number of fused-ring (bicyclic) bond motifs is 1. The molecule has 8 atom stereocenters. The van der Waals surface area contributed by atoms with Crippen LogP contribution in [0.4, 0.5) is 0 Å². The fourth-order valence-corrected chi connectivity index (χ4v) is 9.55. The standard InChI is InChI=1S/C38H52BrN3O7/c1-5-7-18-30(44)48-23-29(25-14-10-8-11-15-25)40-35(45)31-32-36(46)42(27(22-43)20-24(3)4)34(38(32)21-28(39)33(31)49-38)37(47)41(19-6-2)26-16-12-9-13-17-26/h5-6,8,10-11,14-15,24,26-29,31-34,43H,1-2,7,9,12-13,16-23H2,3-4H3,(H,40,45)/t27-,28?,29-,31-,32+,33-,34-,38+/m1/s1. The Morgan fingerprint density at radius 1 is 1.16 bits per heavy atom. The van der Waals surface area contributed by atoms with Crippen LogP contribution in [0.5, 0.6) is 0 Å². The monoisotopic (exact) mass is 741 g/mol. The van der Waals surface area contributed by atoms with Crippen molar-refractivity contribution in [2.24, 2.45) is 17.8 Å². The zero-order chi connectivity index (χ0) is 35.3. The van der Waals surface area contributed by atoms with E-state index >= 15 is 0 Å². The van der Waals surface area contributed by atoms with E-state index in [1.165, 1.54) is 0 Å². The summed E-state index contributed by atoms with van der Waals surface area (Å²) >= 11 is 3.77. The molecule has 3 heterocycles. The fourth-order valence-electron chi connectivity index (χ4n) is 8.61. The lowest BCUT2D eigenvalue weighted by Gasteiger charge is -2.42. The highest BCUT2D eigenvalue weighted by Gasteiger charge is 2.77. The number of alkyl halides is 1. The summed E-state index contributed by atoms with van der Waals surface area (Å²) < 4.78 is 12.4. The number of carbonyl (C=O) groups is 4. The van der Waals surface area contributed by atoms with E-state index in [2.05, 4.69) is 34.4 Å². The predicted molar refractivity (Wildman–Crippen MR) is 189 cm³/mol. The first-order valence-electron chi connectivity index (χ1n) is 17.9. The minimum Gasteiger partial charge on any atom is -0.463 e. The quantitative estimate of drug-likeness (QED) is 0.141. The third kappa shape index (κ3) is 7.54. The number of nitrogens with zero attached hydrogens (tertiary/aromatic N) is 2. The molecule has 2 N–H and O–H groups in total. The van der Waals surface area contributed by atoms with E-state index in [0.29, 0.717) is 25.8 Å². The topological polar surface area (TPSA) is 125 Å². The number of esters is 1. The number of aliphatic hydroxyl groups excluding tert-OH is 1. The first-order chi connectivity index (χ1) is 23.6. The van der Waals surface area contributed by atoms with Crippen molar-refractivity contribution in [3.05, 3.63) is 61.2 Å². The molecule has 11 heteroatoms. The summed E-state index contributed by atoms with van der Waals surface area (Å²) in [6.07, 6.45) is 9.17. The van der Waals surface area contributed by atoms with Gasteiger partial charge < -0.3 is 29.7 Å². The molecule has 3 saturated heterocycles. The molecular formula is C38H52BrN3O7. The minimum absolute atomic E-state index is 0.0163. The predicted octanol–water partition coefficient (Wildman–Crippen LogP) is 4.86. The molecule has 3 aliphatic heterocycles. The van der Waals surface area contributed by atoms with Crippen molar-refractivity contribution < 1.29 is 33.8 Å². The van der Waals surface area contributed by atoms with Crippen LogP contribution in [-0.2, 0) is 28.7 Å². The number of allylic oxidation sites excluding steroid dienone is 1. The van der Waals surface area contributed by atoms with Crippen molar-refractivity contribution >= 4 is 39.6 Å². The molecule has 1 spiro atoms. The lowest BCUT2D eigenvalue weighted by molar-refractivity contribution is -0.153. The van der Waals surface area contributed by atoms with Gasteiger partial charge in [0.25, 0.3) is 0 Å². The third-order valence-corrected chi connectivity index (χ3v) is 11.6. The molecule has 1 saturated carbocycles. The van der Waals surface area contributed by atoms with E-state index in [-0.39, 0.29) is 48.2 Å². The van der Waals surface area contributed by atoms with Gasteiger partial charge in [0.2, 0.25) is 17.7 Å². The van der Waals surface area contributed by atoms with Crippen LogP contribution in [0.15, 0.2) is 55.6 Å². The van der Waals surface area contributed by atoms with Crippen LogP contribution < -0.4 is 5.32 Å². The molecule has 49 heavy (non-hydrogen) atoms. The van der Waals surface area contributed by atoms with Gasteiger partial charge in [-0.25, -0.2) is 0 Å². The molecule has 4 aliphatic rings.